The molecule has 12 N–H and O–H groups in total. The van der Waals surface area contributed by atoms with Gasteiger partial charge in [0.1, 0.15) is 29.6 Å². The lowest BCUT2D eigenvalue weighted by molar-refractivity contribution is -0.140. The average Bonchev–Trinajstić information content (AvgIpc) is 3.03. The van der Waals surface area contributed by atoms with Crippen LogP contribution in [0.2, 0.25) is 0 Å². The van der Waals surface area contributed by atoms with E-state index in [0.29, 0.717) is 24.3 Å². The van der Waals surface area contributed by atoms with Gasteiger partial charge in [-0.25, -0.2) is 4.79 Å². The van der Waals surface area contributed by atoms with Crippen LogP contribution in [-0.2, 0) is 30.3 Å². The SMILES string of the molecule is CC(C)CCCCCC(=O)N[C@H](CC(N)=O)C(=O)N[C@@H](CCCN=C(N)N)[C@H](O)[C@H](O)C(=O)N[C@@H](CC(C)C)[C@@H]1Cc2cccc(O)c2C(=O)O1. The molecule has 0 bridgehead atoms. The van der Waals surface area contributed by atoms with Gasteiger partial charge in [0.05, 0.1) is 18.5 Å². The number of unbranched alkanes of at least 4 members (excludes halogenated alkanes) is 2. The minimum Gasteiger partial charge on any atom is -0.507 e. The van der Waals surface area contributed by atoms with Gasteiger partial charge in [-0.3, -0.25) is 24.2 Å². The number of amides is 4. The second-order valence-corrected chi connectivity index (χ2v) is 14.0. The fourth-order valence-corrected chi connectivity index (χ4v) is 5.95. The number of carbonyl (C=O) groups is 5. The number of carbonyl (C=O) groups excluding carboxylic acids is 5. The van der Waals surface area contributed by atoms with Crippen molar-refractivity contribution >= 4 is 35.6 Å². The Bertz CT molecular complexity index is 1370. The average molecular weight is 720 g/mol. The lowest BCUT2D eigenvalue weighted by Crippen LogP contribution is -2.59. The highest BCUT2D eigenvalue weighted by Gasteiger charge is 2.39. The van der Waals surface area contributed by atoms with Gasteiger partial charge in [-0.05, 0) is 49.1 Å². The van der Waals surface area contributed by atoms with Crippen LogP contribution in [0.4, 0.5) is 0 Å². The van der Waals surface area contributed by atoms with Crippen LogP contribution < -0.4 is 33.2 Å². The van der Waals surface area contributed by atoms with Gasteiger partial charge in [0.15, 0.2) is 12.1 Å². The van der Waals surface area contributed by atoms with Crippen LogP contribution in [0.1, 0.15) is 101 Å². The largest absolute Gasteiger partial charge is 0.507 e. The van der Waals surface area contributed by atoms with Crippen LogP contribution in [0, 0.1) is 11.8 Å². The zero-order valence-corrected chi connectivity index (χ0v) is 30.1. The first-order valence-corrected chi connectivity index (χ1v) is 17.6. The Hall–Kier alpha value is -4.44. The maximum Gasteiger partial charge on any atom is 0.342 e. The number of hydrogen-bond acceptors (Lipinski definition) is 10. The van der Waals surface area contributed by atoms with E-state index >= 15 is 0 Å². The molecule has 0 fully saturated rings. The molecule has 51 heavy (non-hydrogen) atoms. The van der Waals surface area contributed by atoms with Crippen LogP contribution in [0.3, 0.4) is 0 Å². The number of nitrogens with one attached hydrogen (secondary N) is 3. The molecule has 0 aromatic heterocycles. The lowest BCUT2D eigenvalue weighted by Gasteiger charge is -2.34. The number of aliphatic hydroxyl groups excluding tert-OH is 2. The van der Waals surface area contributed by atoms with Crippen LogP contribution in [0.15, 0.2) is 23.2 Å². The van der Waals surface area contributed by atoms with Crippen LogP contribution >= 0.6 is 0 Å². The van der Waals surface area contributed by atoms with E-state index in [9.17, 15) is 39.3 Å². The Labute approximate surface area is 299 Å². The minimum absolute atomic E-state index is 0.0154. The zero-order valence-electron chi connectivity index (χ0n) is 30.1. The summed E-state index contributed by atoms with van der Waals surface area (Å²) in [5, 5.41) is 40.3. The predicted molar refractivity (Wildman–Crippen MR) is 190 cm³/mol. The number of fused-ring (bicyclic) bond motifs is 1. The van der Waals surface area contributed by atoms with E-state index in [0.717, 1.165) is 19.3 Å². The van der Waals surface area contributed by atoms with E-state index in [2.05, 4.69) is 34.8 Å². The molecule has 1 aliphatic heterocycles. The molecule has 0 saturated heterocycles. The number of aromatic hydroxyl groups is 1. The van der Waals surface area contributed by atoms with Gasteiger partial charge in [-0.15, -0.1) is 0 Å². The molecule has 0 spiro atoms. The number of phenolic OH excluding ortho intramolecular Hbond substituents is 1. The van der Waals surface area contributed by atoms with E-state index in [1.54, 1.807) is 12.1 Å². The summed E-state index contributed by atoms with van der Waals surface area (Å²) in [5.41, 5.74) is 16.8. The quantitative estimate of drug-likeness (QED) is 0.0338. The Morgan fingerprint density at radius 3 is 2.25 bits per heavy atom. The Kier molecular flexibility index (Phi) is 17.6. The number of benzene rings is 1. The topological polar surface area (TPSA) is 282 Å². The monoisotopic (exact) mass is 719 g/mol. The normalized spacial score (nSPS) is 16.9. The highest BCUT2D eigenvalue weighted by atomic mass is 16.5. The Morgan fingerprint density at radius 2 is 1.63 bits per heavy atom. The summed E-state index contributed by atoms with van der Waals surface area (Å²) < 4.78 is 5.60. The molecule has 1 aliphatic rings. The zero-order chi connectivity index (χ0) is 38.2. The number of nitrogens with zero attached hydrogens (tertiary/aromatic N) is 1. The highest BCUT2D eigenvalue weighted by Crippen LogP contribution is 2.30. The fourth-order valence-electron chi connectivity index (χ4n) is 5.95. The summed E-state index contributed by atoms with van der Waals surface area (Å²) in [6, 6.07) is 1.22. The van der Waals surface area contributed by atoms with Crippen molar-refractivity contribution in [3.05, 3.63) is 29.3 Å². The number of nitrogens with two attached hydrogens (primary N) is 3. The molecule has 2 rings (SSSR count). The Balaban J connectivity index is 2.20. The summed E-state index contributed by atoms with van der Waals surface area (Å²) >= 11 is 0. The van der Waals surface area contributed by atoms with E-state index in [1.807, 2.05) is 13.8 Å². The van der Waals surface area contributed by atoms with Crippen molar-refractivity contribution in [2.75, 3.05) is 6.54 Å². The first kappa shape index (κ1) is 42.7. The molecular formula is C35H57N7O9. The number of esters is 1. The Morgan fingerprint density at radius 1 is 0.922 bits per heavy atom. The van der Waals surface area contributed by atoms with Crippen molar-refractivity contribution in [2.24, 2.45) is 34.0 Å². The lowest BCUT2D eigenvalue weighted by atomic mass is 9.90. The summed E-state index contributed by atoms with van der Waals surface area (Å²) in [7, 11) is 0. The molecule has 16 heteroatoms. The van der Waals surface area contributed by atoms with Crippen molar-refractivity contribution in [3.8, 4) is 5.75 Å². The van der Waals surface area contributed by atoms with Crippen molar-refractivity contribution in [1.29, 1.82) is 0 Å². The number of aliphatic imine (C=N–C) groups is 1. The van der Waals surface area contributed by atoms with Gasteiger partial charge in [-0.1, -0.05) is 59.1 Å². The first-order valence-electron chi connectivity index (χ1n) is 17.6. The fraction of sp³-hybridized carbons (Fsp3) is 0.657. The van der Waals surface area contributed by atoms with Crippen LogP contribution in [0.25, 0.3) is 0 Å². The highest BCUT2D eigenvalue weighted by molar-refractivity contribution is 5.95. The van der Waals surface area contributed by atoms with Crippen molar-refractivity contribution < 1.29 is 44.0 Å². The maximum atomic E-state index is 13.4. The molecule has 0 saturated carbocycles. The molecule has 1 aromatic carbocycles. The molecular weight excluding hydrogens is 662 g/mol. The number of ether oxygens (including phenoxy) is 1. The third kappa shape index (κ3) is 14.7. The van der Waals surface area contributed by atoms with E-state index in [1.165, 1.54) is 6.07 Å². The molecule has 0 radical (unpaired) electrons. The number of phenols is 1. The van der Waals surface area contributed by atoms with Crippen LogP contribution in [-0.4, -0.2) is 93.9 Å². The number of guanidine groups is 1. The van der Waals surface area contributed by atoms with Gasteiger partial charge >= 0.3 is 5.97 Å². The summed E-state index contributed by atoms with van der Waals surface area (Å²) in [6.07, 6.45) is -1.08. The smallest absolute Gasteiger partial charge is 0.342 e. The predicted octanol–water partition coefficient (Wildman–Crippen LogP) is 0.232. The van der Waals surface area contributed by atoms with Gasteiger partial charge < -0.3 is 53.2 Å². The second kappa shape index (κ2) is 21.0. The summed E-state index contributed by atoms with van der Waals surface area (Å²) in [5.74, 6) is -3.75. The van der Waals surface area contributed by atoms with Crippen molar-refractivity contribution in [1.82, 2.24) is 16.0 Å². The molecule has 0 aliphatic carbocycles. The van der Waals surface area contributed by atoms with E-state index in [-0.39, 0.29) is 55.4 Å². The molecule has 1 heterocycles. The molecule has 16 nitrogen and oxygen atoms in total. The molecule has 1 aromatic rings. The number of primary amides is 1. The van der Waals surface area contributed by atoms with E-state index < -0.39 is 72.5 Å². The van der Waals surface area contributed by atoms with Gasteiger partial charge in [-0.2, -0.15) is 0 Å². The van der Waals surface area contributed by atoms with Gasteiger partial charge in [0.2, 0.25) is 17.7 Å². The van der Waals surface area contributed by atoms with Crippen LogP contribution in [0.5, 0.6) is 5.75 Å². The number of cyclic esters (lactones) is 1. The molecule has 286 valence electrons. The van der Waals surface area contributed by atoms with Crippen molar-refractivity contribution in [2.45, 2.75) is 128 Å². The molecule has 0 unspecified atom stereocenters. The van der Waals surface area contributed by atoms with Gasteiger partial charge in [0, 0.05) is 19.4 Å². The summed E-state index contributed by atoms with van der Waals surface area (Å²) in [4.78, 5) is 68.0. The number of hydrogen-bond donors (Lipinski definition) is 9. The molecule has 4 amide bonds. The number of aliphatic hydroxyl groups is 2. The first-order chi connectivity index (χ1) is 24.0. The minimum atomic E-state index is -2.07. The molecule has 6 atom stereocenters. The standard InChI is InChI=1S/C35H57N7O9/c1-19(2)10-6-5-7-14-28(45)40-24(18-27(36)44)32(48)41-22(12-9-15-39-35(37)38)30(46)31(47)33(49)42-23(16-20(3)4)26-17-21-11-8-13-25(43)29(21)34(50)51-26/h8,11,13,19-20,22-24,26,30-31,43,46-47H,5-7,9-10,12,14-18H2,1-4H3,(H2,36,44)(H,40,45)(H,41,48)(H,42,49)(H4,37,38,39)/t22-,23-,24+,26-,30-,31-/m0/s1. The van der Waals surface area contributed by atoms with Gasteiger partial charge in [0.25, 0.3) is 5.91 Å². The van der Waals surface area contributed by atoms with Crippen molar-refractivity contribution in [3.63, 3.8) is 0 Å². The number of rotatable bonds is 22. The maximum absolute atomic E-state index is 13.4. The van der Waals surface area contributed by atoms with E-state index in [4.69, 9.17) is 21.9 Å². The third-order valence-electron chi connectivity index (χ3n) is 8.56. The summed E-state index contributed by atoms with van der Waals surface area (Å²) in [6.45, 7) is 8.11. The second-order valence-electron chi connectivity index (χ2n) is 14.0. The third-order valence-corrected chi connectivity index (χ3v) is 8.56.